The van der Waals surface area contributed by atoms with E-state index < -0.39 is 5.92 Å². The molecule has 0 spiro atoms. The fraction of sp³-hybridized carbons (Fsp3) is 0.200. The lowest BCUT2D eigenvalue weighted by atomic mass is 9.96. The molecular formula is C10H7BrO3. The highest BCUT2D eigenvalue weighted by molar-refractivity contribution is 9.10. The molecule has 0 unspecified atom stereocenters. The van der Waals surface area contributed by atoms with E-state index in [0.717, 1.165) is 4.47 Å². The van der Waals surface area contributed by atoms with Gasteiger partial charge in [-0.2, -0.15) is 0 Å². The lowest BCUT2D eigenvalue weighted by Gasteiger charge is -2.20. The number of fused-ring (bicyclic) bond motifs is 1. The summed E-state index contributed by atoms with van der Waals surface area (Å²) in [5.41, 5.74) is 0.475. The minimum Gasteiger partial charge on any atom is -0.492 e. The average molecular weight is 255 g/mol. The van der Waals surface area contributed by atoms with E-state index in [0.29, 0.717) is 17.6 Å². The van der Waals surface area contributed by atoms with Crippen LogP contribution in [0.1, 0.15) is 10.4 Å². The van der Waals surface area contributed by atoms with E-state index in [4.69, 9.17) is 4.74 Å². The van der Waals surface area contributed by atoms with Crippen LogP contribution in [0.4, 0.5) is 0 Å². The number of ether oxygens (including phenoxy) is 1. The third kappa shape index (κ3) is 1.46. The second kappa shape index (κ2) is 3.53. The summed E-state index contributed by atoms with van der Waals surface area (Å²) in [6.07, 6.45) is 0.631. The molecule has 72 valence electrons. The molecule has 1 aliphatic rings. The molecule has 3 nitrogen and oxygen atoms in total. The Balaban J connectivity index is 2.48. The van der Waals surface area contributed by atoms with E-state index in [-0.39, 0.29) is 12.4 Å². The Morgan fingerprint density at radius 2 is 2.29 bits per heavy atom. The number of ketones is 1. The second-order valence-electron chi connectivity index (χ2n) is 3.06. The first-order valence-corrected chi connectivity index (χ1v) is 4.93. The van der Waals surface area contributed by atoms with Crippen molar-refractivity contribution < 1.29 is 14.3 Å². The highest BCUT2D eigenvalue weighted by Crippen LogP contribution is 2.29. The van der Waals surface area contributed by atoms with Gasteiger partial charge in [0.05, 0.1) is 5.56 Å². The fourth-order valence-electron chi connectivity index (χ4n) is 1.38. The maximum Gasteiger partial charge on any atom is 0.180 e. The van der Waals surface area contributed by atoms with Crippen LogP contribution in [-0.4, -0.2) is 18.7 Å². The SMILES string of the molecule is O=C[C@H]1COc2ccc(Br)cc2C1=O. The topological polar surface area (TPSA) is 43.4 Å². The van der Waals surface area contributed by atoms with Gasteiger partial charge in [-0.25, -0.2) is 0 Å². The van der Waals surface area contributed by atoms with Gasteiger partial charge in [-0.15, -0.1) is 0 Å². The molecule has 0 saturated carbocycles. The van der Waals surface area contributed by atoms with Crippen molar-refractivity contribution >= 4 is 28.0 Å². The Hall–Kier alpha value is -1.16. The van der Waals surface area contributed by atoms with E-state index in [9.17, 15) is 9.59 Å². The number of carbonyl (C=O) groups excluding carboxylic acids is 2. The third-order valence-corrected chi connectivity index (χ3v) is 2.62. The van der Waals surface area contributed by atoms with E-state index in [1.165, 1.54) is 0 Å². The molecule has 0 aromatic heterocycles. The third-order valence-electron chi connectivity index (χ3n) is 2.13. The normalized spacial score (nSPS) is 19.8. The molecule has 0 aliphatic carbocycles. The molecule has 1 atom stereocenters. The van der Waals surface area contributed by atoms with Gasteiger partial charge in [-0.1, -0.05) is 15.9 Å². The zero-order chi connectivity index (χ0) is 10.1. The Labute approximate surface area is 89.2 Å². The Morgan fingerprint density at radius 3 is 3.00 bits per heavy atom. The van der Waals surface area contributed by atoms with Crippen molar-refractivity contribution in [1.82, 2.24) is 0 Å². The number of carbonyl (C=O) groups is 2. The van der Waals surface area contributed by atoms with E-state index in [2.05, 4.69) is 15.9 Å². The van der Waals surface area contributed by atoms with Gasteiger partial charge in [-0.3, -0.25) is 4.79 Å². The van der Waals surface area contributed by atoms with Crippen LogP contribution in [0.25, 0.3) is 0 Å². The van der Waals surface area contributed by atoms with Gasteiger partial charge in [-0.05, 0) is 18.2 Å². The Morgan fingerprint density at radius 1 is 1.50 bits per heavy atom. The minimum atomic E-state index is -0.656. The summed E-state index contributed by atoms with van der Waals surface area (Å²) < 4.78 is 6.08. The summed E-state index contributed by atoms with van der Waals surface area (Å²) in [6, 6.07) is 5.19. The molecule has 1 heterocycles. The Bertz CT molecular complexity index is 400. The summed E-state index contributed by atoms with van der Waals surface area (Å²) in [5.74, 6) is -0.268. The molecular weight excluding hydrogens is 248 g/mol. The monoisotopic (exact) mass is 254 g/mol. The summed E-state index contributed by atoms with van der Waals surface area (Å²) in [7, 11) is 0. The summed E-state index contributed by atoms with van der Waals surface area (Å²) >= 11 is 3.26. The summed E-state index contributed by atoms with van der Waals surface area (Å²) in [5, 5.41) is 0. The molecule has 1 aromatic carbocycles. The van der Waals surface area contributed by atoms with Gasteiger partial charge >= 0.3 is 0 Å². The van der Waals surface area contributed by atoms with Crippen LogP contribution in [0.15, 0.2) is 22.7 Å². The zero-order valence-corrected chi connectivity index (χ0v) is 8.78. The van der Waals surface area contributed by atoms with Crippen molar-refractivity contribution in [3.63, 3.8) is 0 Å². The molecule has 0 N–H and O–H groups in total. The molecule has 1 aromatic rings. The quantitative estimate of drug-likeness (QED) is 0.568. The van der Waals surface area contributed by atoms with Crippen molar-refractivity contribution in [3.05, 3.63) is 28.2 Å². The van der Waals surface area contributed by atoms with E-state index >= 15 is 0 Å². The fourth-order valence-corrected chi connectivity index (χ4v) is 1.74. The lowest BCUT2D eigenvalue weighted by molar-refractivity contribution is -0.110. The number of hydrogen-bond donors (Lipinski definition) is 0. The summed E-state index contributed by atoms with van der Waals surface area (Å²) in [6.45, 7) is 0.150. The van der Waals surface area contributed by atoms with Crippen molar-refractivity contribution in [2.24, 2.45) is 5.92 Å². The number of halogens is 1. The first-order valence-electron chi connectivity index (χ1n) is 4.14. The van der Waals surface area contributed by atoms with Gasteiger partial charge in [0.25, 0.3) is 0 Å². The number of Topliss-reactive ketones (excluding diaryl/α,β-unsaturated/α-hetero) is 1. The first-order chi connectivity index (χ1) is 6.72. The van der Waals surface area contributed by atoms with Crippen LogP contribution >= 0.6 is 15.9 Å². The predicted octanol–water partition coefficient (Wildman–Crippen LogP) is 1.84. The molecule has 0 bridgehead atoms. The van der Waals surface area contributed by atoms with E-state index in [1.54, 1.807) is 18.2 Å². The molecule has 0 amide bonds. The zero-order valence-electron chi connectivity index (χ0n) is 7.20. The molecule has 0 saturated heterocycles. The largest absolute Gasteiger partial charge is 0.492 e. The first kappa shape index (κ1) is 9.40. The van der Waals surface area contributed by atoms with Crippen molar-refractivity contribution in [1.29, 1.82) is 0 Å². The van der Waals surface area contributed by atoms with Gasteiger partial charge in [0.1, 0.15) is 24.6 Å². The van der Waals surface area contributed by atoms with Gasteiger partial charge in [0.2, 0.25) is 0 Å². The van der Waals surface area contributed by atoms with Crippen molar-refractivity contribution in [3.8, 4) is 5.75 Å². The van der Waals surface area contributed by atoms with Crippen LogP contribution in [0.3, 0.4) is 0 Å². The molecule has 14 heavy (non-hydrogen) atoms. The van der Waals surface area contributed by atoms with E-state index in [1.807, 2.05) is 0 Å². The van der Waals surface area contributed by atoms with Gasteiger partial charge < -0.3 is 9.53 Å². The van der Waals surface area contributed by atoms with Crippen LogP contribution in [-0.2, 0) is 4.79 Å². The van der Waals surface area contributed by atoms with Gasteiger partial charge in [0.15, 0.2) is 5.78 Å². The van der Waals surface area contributed by atoms with Crippen LogP contribution in [0.2, 0.25) is 0 Å². The highest BCUT2D eigenvalue weighted by atomic mass is 79.9. The Kier molecular flexibility index (Phi) is 2.37. The average Bonchev–Trinajstić information content (AvgIpc) is 2.20. The number of benzene rings is 1. The minimum absolute atomic E-state index is 0.150. The molecule has 0 radical (unpaired) electrons. The van der Waals surface area contributed by atoms with Crippen LogP contribution in [0, 0.1) is 5.92 Å². The maximum absolute atomic E-state index is 11.7. The second-order valence-corrected chi connectivity index (χ2v) is 3.97. The van der Waals surface area contributed by atoms with Crippen LogP contribution in [0.5, 0.6) is 5.75 Å². The lowest BCUT2D eigenvalue weighted by Crippen LogP contribution is -2.28. The summed E-state index contributed by atoms with van der Waals surface area (Å²) in [4.78, 5) is 22.2. The molecule has 2 rings (SSSR count). The molecule has 1 aliphatic heterocycles. The van der Waals surface area contributed by atoms with Crippen molar-refractivity contribution in [2.45, 2.75) is 0 Å². The number of hydrogen-bond acceptors (Lipinski definition) is 3. The number of aldehydes is 1. The predicted molar refractivity (Wildman–Crippen MR) is 53.5 cm³/mol. The maximum atomic E-state index is 11.7. The number of rotatable bonds is 1. The van der Waals surface area contributed by atoms with Crippen LogP contribution < -0.4 is 4.74 Å². The standard InChI is InChI=1S/C10H7BrO3/c11-7-1-2-9-8(3-7)10(13)6(4-12)5-14-9/h1-4,6H,5H2/t6-/m0/s1. The highest BCUT2D eigenvalue weighted by Gasteiger charge is 2.28. The van der Waals surface area contributed by atoms with Crippen molar-refractivity contribution in [2.75, 3.05) is 6.61 Å². The molecule has 4 heteroatoms. The smallest absolute Gasteiger partial charge is 0.180 e. The molecule has 0 fully saturated rings. The van der Waals surface area contributed by atoms with Gasteiger partial charge in [0, 0.05) is 4.47 Å².